The molecule has 88 valence electrons. The van der Waals surface area contributed by atoms with Crippen LogP contribution in [0.4, 0.5) is 5.69 Å². The van der Waals surface area contributed by atoms with Crippen LogP contribution in [-0.2, 0) is 0 Å². The van der Waals surface area contributed by atoms with Crippen molar-refractivity contribution in [2.75, 3.05) is 31.6 Å². The standard InChI is InChI=1S/C13H20N2O/c1-3-11-10-15(8-7-14-11)12-5-4-6-13(9-12)16-2/h4-6,9,11,14H,3,7-8,10H2,1-2H3/t11-/m1/s1. The number of piperazine rings is 1. The van der Waals surface area contributed by atoms with Gasteiger partial charge in [0.05, 0.1) is 7.11 Å². The van der Waals surface area contributed by atoms with Gasteiger partial charge in [-0.1, -0.05) is 13.0 Å². The highest BCUT2D eigenvalue weighted by Crippen LogP contribution is 2.22. The van der Waals surface area contributed by atoms with E-state index in [0.717, 1.165) is 25.4 Å². The van der Waals surface area contributed by atoms with Gasteiger partial charge in [-0.2, -0.15) is 0 Å². The summed E-state index contributed by atoms with van der Waals surface area (Å²) in [5.41, 5.74) is 1.26. The summed E-state index contributed by atoms with van der Waals surface area (Å²) in [6, 6.07) is 8.92. The molecule has 1 heterocycles. The van der Waals surface area contributed by atoms with Crippen LogP contribution in [0.15, 0.2) is 24.3 Å². The summed E-state index contributed by atoms with van der Waals surface area (Å²) in [5, 5.41) is 3.52. The van der Waals surface area contributed by atoms with E-state index in [1.54, 1.807) is 7.11 Å². The summed E-state index contributed by atoms with van der Waals surface area (Å²) >= 11 is 0. The lowest BCUT2D eigenvalue weighted by atomic mass is 10.1. The quantitative estimate of drug-likeness (QED) is 0.842. The number of ether oxygens (including phenoxy) is 1. The summed E-state index contributed by atoms with van der Waals surface area (Å²) in [7, 11) is 1.71. The number of anilines is 1. The number of rotatable bonds is 3. The number of benzene rings is 1. The van der Waals surface area contributed by atoms with Crippen LogP contribution in [0.25, 0.3) is 0 Å². The molecule has 0 spiro atoms. The Labute approximate surface area is 97.4 Å². The molecule has 0 unspecified atom stereocenters. The van der Waals surface area contributed by atoms with Crippen LogP contribution < -0.4 is 15.0 Å². The maximum atomic E-state index is 5.26. The normalized spacial score (nSPS) is 20.9. The second-order valence-corrected chi connectivity index (χ2v) is 4.21. The number of hydrogen-bond acceptors (Lipinski definition) is 3. The van der Waals surface area contributed by atoms with Crippen LogP contribution in [0, 0.1) is 0 Å². The Morgan fingerprint density at radius 3 is 3.12 bits per heavy atom. The third-order valence-electron chi connectivity index (χ3n) is 3.17. The molecule has 1 aliphatic heterocycles. The fourth-order valence-electron chi connectivity index (χ4n) is 2.14. The molecular formula is C13H20N2O. The minimum Gasteiger partial charge on any atom is -0.497 e. The molecule has 0 amide bonds. The van der Waals surface area contributed by atoms with E-state index in [0.29, 0.717) is 6.04 Å². The third-order valence-corrected chi connectivity index (χ3v) is 3.17. The molecule has 1 fully saturated rings. The fourth-order valence-corrected chi connectivity index (χ4v) is 2.14. The Balaban J connectivity index is 2.10. The molecule has 0 aliphatic carbocycles. The Kier molecular flexibility index (Phi) is 3.67. The van der Waals surface area contributed by atoms with Crippen molar-refractivity contribution in [3.05, 3.63) is 24.3 Å². The molecule has 3 nitrogen and oxygen atoms in total. The van der Waals surface area contributed by atoms with Crippen LogP contribution >= 0.6 is 0 Å². The van der Waals surface area contributed by atoms with Crippen molar-refractivity contribution in [3.8, 4) is 5.75 Å². The Morgan fingerprint density at radius 2 is 2.38 bits per heavy atom. The van der Waals surface area contributed by atoms with E-state index >= 15 is 0 Å². The molecule has 0 radical (unpaired) electrons. The smallest absolute Gasteiger partial charge is 0.120 e. The van der Waals surface area contributed by atoms with Crippen LogP contribution in [0.3, 0.4) is 0 Å². The van der Waals surface area contributed by atoms with Gasteiger partial charge in [-0.3, -0.25) is 0 Å². The predicted molar refractivity (Wildman–Crippen MR) is 67.3 cm³/mol. The molecule has 2 rings (SSSR count). The summed E-state index contributed by atoms with van der Waals surface area (Å²) in [4.78, 5) is 2.42. The van der Waals surface area contributed by atoms with Gasteiger partial charge < -0.3 is 15.0 Å². The Bertz CT molecular complexity index is 340. The van der Waals surface area contributed by atoms with Crippen molar-refractivity contribution >= 4 is 5.69 Å². The third kappa shape index (κ3) is 2.47. The maximum Gasteiger partial charge on any atom is 0.120 e. The number of nitrogens with zero attached hydrogens (tertiary/aromatic N) is 1. The molecule has 1 aromatic carbocycles. The maximum absolute atomic E-state index is 5.26. The van der Waals surface area contributed by atoms with Gasteiger partial charge in [0.15, 0.2) is 0 Å². The van der Waals surface area contributed by atoms with Crippen LogP contribution in [0.2, 0.25) is 0 Å². The minimum absolute atomic E-state index is 0.611. The second kappa shape index (κ2) is 5.21. The largest absolute Gasteiger partial charge is 0.497 e. The lowest BCUT2D eigenvalue weighted by Gasteiger charge is -2.35. The average molecular weight is 220 g/mol. The first kappa shape index (κ1) is 11.3. The van der Waals surface area contributed by atoms with Crippen LogP contribution in [0.1, 0.15) is 13.3 Å². The second-order valence-electron chi connectivity index (χ2n) is 4.21. The molecule has 0 aromatic heterocycles. The van der Waals surface area contributed by atoms with E-state index in [1.807, 2.05) is 6.07 Å². The van der Waals surface area contributed by atoms with E-state index < -0.39 is 0 Å². The lowest BCUT2D eigenvalue weighted by Crippen LogP contribution is -2.50. The van der Waals surface area contributed by atoms with Gasteiger partial charge in [0.1, 0.15) is 5.75 Å². The predicted octanol–water partition coefficient (Wildman–Crippen LogP) is 1.88. The molecule has 1 saturated heterocycles. The van der Waals surface area contributed by atoms with E-state index in [2.05, 4.69) is 35.3 Å². The van der Waals surface area contributed by atoms with Crippen molar-refractivity contribution < 1.29 is 4.74 Å². The molecular weight excluding hydrogens is 200 g/mol. The van der Waals surface area contributed by atoms with Crippen molar-refractivity contribution in [3.63, 3.8) is 0 Å². The molecule has 1 atom stereocenters. The van der Waals surface area contributed by atoms with E-state index in [-0.39, 0.29) is 0 Å². The van der Waals surface area contributed by atoms with Crippen molar-refractivity contribution in [2.45, 2.75) is 19.4 Å². The highest BCUT2D eigenvalue weighted by atomic mass is 16.5. The van der Waals surface area contributed by atoms with Gasteiger partial charge >= 0.3 is 0 Å². The highest BCUT2D eigenvalue weighted by Gasteiger charge is 2.17. The van der Waals surface area contributed by atoms with Gasteiger partial charge in [-0.15, -0.1) is 0 Å². The zero-order chi connectivity index (χ0) is 11.4. The summed E-state index contributed by atoms with van der Waals surface area (Å²) in [6.07, 6.45) is 1.18. The van der Waals surface area contributed by atoms with Gasteiger partial charge in [0.25, 0.3) is 0 Å². The molecule has 1 N–H and O–H groups in total. The lowest BCUT2D eigenvalue weighted by molar-refractivity contribution is 0.413. The molecule has 16 heavy (non-hydrogen) atoms. The Hall–Kier alpha value is -1.22. The number of nitrogens with one attached hydrogen (secondary N) is 1. The first-order valence-corrected chi connectivity index (χ1v) is 5.96. The molecule has 1 aliphatic rings. The van der Waals surface area contributed by atoms with Crippen molar-refractivity contribution in [1.29, 1.82) is 0 Å². The SMILES string of the molecule is CC[C@@H]1CN(c2cccc(OC)c2)CCN1. The molecule has 1 aromatic rings. The van der Waals surface area contributed by atoms with E-state index in [1.165, 1.54) is 12.1 Å². The average Bonchev–Trinajstić information content (AvgIpc) is 2.39. The van der Waals surface area contributed by atoms with Crippen LogP contribution in [0.5, 0.6) is 5.75 Å². The van der Waals surface area contributed by atoms with Crippen molar-refractivity contribution in [2.24, 2.45) is 0 Å². The number of methoxy groups -OCH3 is 1. The summed E-state index contributed by atoms with van der Waals surface area (Å²) < 4.78 is 5.26. The molecule has 0 saturated carbocycles. The summed E-state index contributed by atoms with van der Waals surface area (Å²) in [5.74, 6) is 0.934. The Morgan fingerprint density at radius 1 is 1.50 bits per heavy atom. The zero-order valence-electron chi connectivity index (χ0n) is 10.1. The van der Waals surface area contributed by atoms with Gasteiger partial charge in [0, 0.05) is 37.4 Å². The first-order chi connectivity index (χ1) is 7.83. The fraction of sp³-hybridized carbons (Fsp3) is 0.538. The van der Waals surface area contributed by atoms with Crippen LogP contribution in [-0.4, -0.2) is 32.8 Å². The summed E-state index contributed by atoms with van der Waals surface area (Å²) in [6.45, 7) is 5.45. The van der Waals surface area contributed by atoms with E-state index in [4.69, 9.17) is 4.74 Å². The topological polar surface area (TPSA) is 24.5 Å². The zero-order valence-corrected chi connectivity index (χ0v) is 10.1. The van der Waals surface area contributed by atoms with Gasteiger partial charge in [0.2, 0.25) is 0 Å². The van der Waals surface area contributed by atoms with Crippen molar-refractivity contribution in [1.82, 2.24) is 5.32 Å². The van der Waals surface area contributed by atoms with E-state index in [9.17, 15) is 0 Å². The molecule has 0 bridgehead atoms. The highest BCUT2D eigenvalue weighted by molar-refractivity contribution is 5.51. The monoisotopic (exact) mass is 220 g/mol. The molecule has 3 heteroatoms. The van der Waals surface area contributed by atoms with Gasteiger partial charge in [-0.05, 0) is 18.6 Å². The first-order valence-electron chi connectivity index (χ1n) is 5.96. The number of hydrogen-bond donors (Lipinski definition) is 1. The minimum atomic E-state index is 0.611. The van der Waals surface area contributed by atoms with Gasteiger partial charge in [-0.25, -0.2) is 0 Å².